The number of carbonyl (C=O) groups excluding carboxylic acids is 1. The van der Waals surface area contributed by atoms with E-state index in [9.17, 15) is 14.7 Å². The van der Waals surface area contributed by atoms with Crippen LogP contribution in [-0.4, -0.2) is 48.8 Å². The van der Waals surface area contributed by atoms with Crippen molar-refractivity contribution in [2.45, 2.75) is 25.0 Å². The van der Waals surface area contributed by atoms with E-state index in [-0.39, 0.29) is 18.0 Å². The molecule has 0 aliphatic carbocycles. The van der Waals surface area contributed by atoms with Gasteiger partial charge in [-0.1, -0.05) is 30.3 Å². The lowest BCUT2D eigenvalue weighted by Gasteiger charge is -2.38. The number of nitrogen functional groups attached to an aromatic ring is 1. The van der Waals surface area contributed by atoms with Gasteiger partial charge in [-0.25, -0.2) is 4.52 Å². The van der Waals surface area contributed by atoms with E-state index in [1.54, 1.807) is 23.2 Å². The third-order valence-electron chi connectivity index (χ3n) is 6.37. The van der Waals surface area contributed by atoms with Gasteiger partial charge in [0.1, 0.15) is 11.8 Å². The SMILES string of the molecule is Nc1ccccc1-c1ccc(C(=O)N2CCC(O)(Cn3cnn4cccc4c3=O)CC2)cc1. The van der Waals surface area contributed by atoms with Crippen molar-refractivity contribution in [3.8, 4) is 11.1 Å². The number of carbonyl (C=O) groups is 1. The normalized spacial score (nSPS) is 15.6. The summed E-state index contributed by atoms with van der Waals surface area (Å²) < 4.78 is 2.96. The fourth-order valence-corrected chi connectivity index (χ4v) is 4.41. The van der Waals surface area contributed by atoms with E-state index >= 15 is 0 Å². The van der Waals surface area contributed by atoms with Crippen LogP contribution in [0.3, 0.4) is 0 Å². The fraction of sp³-hybridized carbons (Fsp3) is 0.240. The van der Waals surface area contributed by atoms with Gasteiger partial charge in [0, 0.05) is 36.1 Å². The molecule has 1 fully saturated rings. The maximum atomic E-state index is 13.0. The number of likely N-dealkylation sites (tertiary alicyclic amines) is 1. The van der Waals surface area contributed by atoms with Crippen molar-refractivity contribution < 1.29 is 9.90 Å². The number of fused-ring (bicyclic) bond motifs is 1. The molecule has 3 N–H and O–H groups in total. The molecule has 0 saturated carbocycles. The molecular formula is C25H25N5O3. The summed E-state index contributed by atoms with van der Waals surface area (Å²) in [5.41, 5.74) is 8.44. The Labute approximate surface area is 190 Å². The molecule has 0 atom stereocenters. The molecule has 0 radical (unpaired) electrons. The van der Waals surface area contributed by atoms with Gasteiger partial charge in [-0.05, 0) is 48.7 Å². The van der Waals surface area contributed by atoms with Crippen LogP contribution in [0.1, 0.15) is 23.2 Å². The van der Waals surface area contributed by atoms with E-state index in [4.69, 9.17) is 5.73 Å². The highest BCUT2D eigenvalue weighted by Crippen LogP contribution is 2.27. The van der Waals surface area contributed by atoms with Crippen molar-refractivity contribution in [1.29, 1.82) is 0 Å². The van der Waals surface area contributed by atoms with E-state index in [0.29, 0.717) is 42.7 Å². The highest BCUT2D eigenvalue weighted by Gasteiger charge is 2.35. The minimum absolute atomic E-state index is 0.0712. The summed E-state index contributed by atoms with van der Waals surface area (Å²) in [6, 6.07) is 18.5. The summed E-state index contributed by atoms with van der Waals surface area (Å²) in [7, 11) is 0. The van der Waals surface area contributed by atoms with Crippen LogP contribution in [-0.2, 0) is 6.54 Å². The minimum atomic E-state index is -1.07. The highest BCUT2D eigenvalue weighted by atomic mass is 16.3. The Morgan fingerprint density at radius 3 is 2.48 bits per heavy atom. The Kier molecular flexibility index (Phi) is 5.22. The number of piperidine rings is 1. The van der Waals surface area contributed by atoms with Crippen LogP contribution < -0.4 is 11.3 Å². The predicted molar refractivity (Wildman–Crippen MR) is 126 cm³/mol. The van der Waals surface area contributed by atoms with Crippen LogP contribution in [0.25, 0.3) is 16.6 Å². The number of rotatable bonds is 4. The van der Waals surface area contributed by atoms with Gasteiger partial charge in [0.05, 0.1) is 12.1 Å². The van der Waals surface area contributed by atoms with Crippen molar-refractivity contribution in [3.63, 3.8) is 0 Å². The third-order valence-corrected chi connectivity index (χ3v) is 6.37. The summed E-state index contributed by atoms with van der Waals surface area (Å²) in [4.78, 5) is 27.4. The molecule has 1 saturated heterocycles. The Bertz CT molecular complexity index is 1360. The second kappa shape index (κ2) is 8.22. The fourth-order valence-electron chi connectivity index (χ4n) is 4.41. The second-order valence-electron chi connectivity index (χ2n) is 8.58. The van der Waals surface area contributed by atoms with Gasteiger partial charge in [-0.2, -0.15) is 5.10 Å². The molecule has 4 aromatic rings. The van der Waals surface area contributed by atoms with Crippen molar-refractivity contribution in [2.75, 3.05) is 18.8 Å². The molecule has 0 bridgehead atoms. The molecule has 2 aromatic heterocycles. The van der Waals surface area contributed by atoms with Crippen LogP contribution in [0, 0.1) is 0 Å². The number of benzene rings is 2. The second-order valence-corrected chi connectivity index (χ2v) is 8.58. The number of aromatic nitrogens is 3. The highest BCUT2D eigenvalue weighted by molar-refractivity contribution is 5.95. The van der Waals surface area contributed by atoms with Gasteiger partial charge in [0.15, 0.2) is 0 Å². The molecule has 2 aromatic carbocycles. The smallest absolute Gasteiger partial charge is 0.277 e. The van der Waals surface area contributed by atoms with Crippen LogP contribution in [0.4, 0.5) is 5.69 Å². The molecule has 5 rings (SSSR count). The Morgan fingerprint density at radius 2 is 1.76 bits per heavy atom. The molecule has 168 valence electrons. The molecular weight excluding hydrogens is 418 g/mol. The number of nitrogens with zero attached hydrogens (tertiary/aromatic N) is 4. The zero-order valence-corrected chi connectivity index (χ0v) is 18.1. The largest absolute Gasteiger partial charge is 0.398 e. The molecule has 8 nitrogen and oxygen atoms in total. The van der Waals surface area contributed by atoms with E-state index < -0.39 is 5.60 Å². The summed E-state index contributed by atoms with van der Waals surface area (Å²) in [6.45, 7) is 0.978. The number of para-hydroxylation sites is 1. The lowest BCUT2D eigenvalue weighted by molar-refractivity contribution is -0.0300. The van der Waals surface area contributed by atoms with Gasteiger partial charge >= 0.3 is 0 Å². The van der Waals surface area contributed by atoms with E-state index in [1.165, 1.54) is 15.4 Å². The third kappa shape index (κ3) is 4.01. The summed E-state index contributed by atoms with van der Waals surface area (Å²) in [5.74, 6) is -0.0712. The number of amides is 1. The van der Waals surface area contributed by atoms with Crippen LogP contribution in [0.5, 0.6) is 0 Å². The lowest BCUT2D eigenvalue weighted by atomic mass is 9.90. The number of nitrogens with two attached hydrogens (primary N) is 1. The van der Waals surface area contributed by atoms with Crippen LogP contribution in [0.15, 0.2) is 78.0 Å². The van der Waals surface area contributed by atoms with E-state index in [2.05, 4.69) is 5.10 Å². The molecule has 1 amide bonds. The maximum Gasteiger partial charge on any atom is 0.277 e. The predicted octanol–water partition coefficient (Wildman–Crippen LogP) is 2.41. The molecule has 1 aliphatic rings. The number of hydrogen-bond donors (Lipinski definition) is 2. The van der Waals surface area contributed by atoms with Crippen LogP contribution in [0.2, 0.25) is 0 Å². The van der Waals surface area contributed by atoms with Gasteiger partial charge in [0.2, 0.25) is 0 Å². The standard InChI is InChI=1S/C25H25N5O3/c26-21-5-2-1-4-20(21)18-7-9-19(10-8-18)23(31)28-14-11-25(33,12-15-28)16-29-17-27-30-13-3-6-22(30)24(29)32/h1-10,13,17,33H,11-12,14-16,26H2. The molecule has 33 heavy (non-hydrogen) atoms. The van der Waals surface area contributed by atoms with Gasteiger partial charge in [-0.3, -0.25) is 14.2 Å². The molecule has 3 heterocycles. The molecule has 1 aliphatic heterocycles. The number of aliphatic hydroxyl groups is 1. The first kappa shape index (κ1) is 21.0. The van der Waals surface area contributed by atoms with Crippen molar-refractivity contribution >= 4 is 17.1 Å². The molecule has 8 heteroatoms. The van der Waals surface area contributed by atoms with Crippen molar-refractivity contribution in [3.05, 3.63) is 89.1 Å². The van der Waals surface area contributed by atoms with Gasteiger partial charge < -0.3 is 15.7 Å². The van der Waals surface area contributed by atoms with Gasteiger partial charge in [0.25, 0.3) is 11.5 Å². The Balaban J connectivity index is 1.25. The van der Waals surface area contributed by atoms with Gasteiger partial charge in [-0.15, -0.1) is 0 Å². The topological polar surface area (TPSA) is 106 Å². The van der Waals surface area contributed by atoms with Crippen molar-refractivity contribution in [2.24, 2.45) is 0 Å². The first-order valence-electron chi connectivity index (χ1n) is 10.9. The number of hydrogen-bond acceptors (Lipinski definition) is 5. The van der Waals surface area contributed by atoms with E-state index in [0.717, 1.165) is 11.1 Å². The maximum absolute atomic E-state index is 13.0. The first-order valence-corrected chi connectivity index (χ1v) is 10.9. The minimum Gasteiger partial charge on any atom is -0.398 e. The summed E-state index contributed by atoms with van der Waals surface area (Å²) in [6.07, 6.45) is 3.93. The summed E-state index contributed by atoms with van der Waals surface area (Å²) >= 11 is 0. The number of anilines is 1. The molecule has 0 unspecified atom stereocenters. The average molecular weight is 444 g/mol. The Hall–Kier alpha value is -3.91. The monoisotopic (exact) mass is 443 g/mol. The zero-order valence-electron chi connectivity index (χ0n) is 18.1. The lowest BCUT2D eigenvalue weighted by Crippen LogP contribution is -2.49. The first-order chi connectivity index (χ1) is 15.9. The van der Waals surface area contributed by atoms with Crippen LogP contribution >= 0.6 is 0 Å². The Morgan fingerprint density at radius 1 is 1.03 bits per heavy atom. The van der Waals surface area contributed by atoms with Crippen molar-refractivity contribution in [1.82, 2.24) is 19.1 Å². The summed E-state index contributed by atoms with van der Waals surface area (Å²) in [5, 5.41) is 15.3. The molecule has 0 spiro atoms. The average Bonchev–Trinajstić information content (AvgIpc) is 3.31. The van der Waals surface area contributed by atoms with E-state index in [1.807, 2.05) is 48.5 Å². The zero-order chi connectivity index (χ0) is 23.0. The quantitative estimate of drug-likeness (QED) is 0.471.